The van der Waals surface area contributed by atoms with Crippen molar-refractivity contribution < 1.29 is 108 Å². The van der Waals surface area contributed by atoms with Crippen LogP contribution in [0.15, 0.2) is 78.9 Å². The summed E-state index contributed by atoms with van der Waals surface area (Å²) in [6.07, 6.45) is -16.6. The number of halogens is 2. The number of aromatic hydroxyl groups is 3. The Morgan fingerprint density at radius 1 is 0.703 bits per heavy atom. The number of Topliss-reactive ketones (excluding diaryl/α,β-unsaturated/α-hetero) is 2. The van der Waals surface area contributed by atoms with E-state index in [4.69, 9.17) is 47.9 Å². The number of carboxylic acid groups (broad SMARTS) is 1. The highest BCUT2D eigenvalue weighted by Crippen LogP contribution is 2.50. The minimum Gasteiger partial charge on any atom is -0.508 e. The van der Waals surface area contributed by atoms with Gasteiger partial charge in [0, 0.05) is 42.0 Å². The lowest BCUT2D eigenvalue weighted by molar-refractivity contribution is -0.277. The van der Waals surface area contributed by atoms with Crippen LogP contribution in [0.1, 0.15) is 97.6 Å². The Morgan fingerprint density at radius 3 is 1.91 bits per heavy atom. The summed E-state index contributed by atoms with van der Waals surface area (Å²) in [6.45, 7) is 2.73. The predicted octanol–water partition coefficient (Wildman–Crippen LogP) is 1.84. The maximum Gasteiger partial charge on any atom is 0.330 e. The van der Waals surface area contributed by atoms with E-state index in [-0.39, 0.29) is 51.1 Å². The number of fused-ring (bicyclic) bond motifs is 15. The number of nitrogens with two attached hydrogens (primary N) is 1. The first kappa shape index (κ1) is 66.7. The van der Waals surface area contributed by atoms with Crippen molar-refractivity contribution >= 4 is 70.3 Å². The number of phenols is 3. The number of hydrogen-bond donors (Lipinski definition) is 16. The van der Waals surface area contributed by atoms with Gasteiger partial charge in [-0.05, 0) is 96.2 Å². The van der Waals surface area contributed by atoms with Crippen LogP contribution in [0.25, 0.3) is 11.1 Å². The number of hydrogen-bond acceptors (Lipinski definition) is 22. The SMILES string of the molecule is CN[C@H](CC(C)C)C(=O)N[C@H]1C(=O)C[C@@H](CC(N)=O)C(=O)N[C@H]2C(=O)C[C@H]3C(=O)N[C@H](C(=O)N[C@H](C(=O)O)c4cc(O)cc(O)c4-c4cc3ccc4O)[C@H](O)c3ccc(c(Cl)c3)Oc3cc2cc(c3OC2OC(CO)C(O)C(O)C2O)Oc2ccc(cc2Cl)[C@H]1O. The van der Waals surface area contributed by atoms with Crippen molar-refractivity contribution in [2.45, 2.75) is 119 Å². The average molecular weight is 1300 g/mol. The van der Waals surface area contributed by atoms with Gasteiger partial charge in [-0.1, -0.05) is 55.2 Å². The summed E-state index contributed by atoms with van der Waals surface area (Å²) in [5, 5.41) is 124. The van der Waals surface area contributed by atoms with Gasteiger partial charge in [0.1, 0.15) is 83.5 Å². The second kappa shape index (κ2) is 27.4. The molecule has 5 amide bonds. The molecule has 11 bridgehead atoms. The largest absolute Gasteiger partial charge is 0.508 e. The van der Waals surface area contributed by atoms with Crippen LogP contribution in [0, 0.1) is 11.8 Å². The fourth-order valence-corrected chi connectivity index (χ4v) is 11.7. The Balaban J connectivity index is 1.32. The second-order valence-electron chi connectivity index (χ2n) is 22.8. The van der Waals surface area contributed by atoms with E-state index in [1.807, 2.05) is 13.8 Å². The molecule has 6 aliphatic rings. The number of carbonyl (C=O) groups excluding carboxylic acids is 7. The fraction of sp³-hybridized carbons (Fsp3) is 0.377. The van der Waals surface area contributed by atoms with Crippen molar-refractivity contribution in [1.29, 1.82) is 0 Å². The lowest BCUT2D eigenvalue weighted by Crippen LogP contribution is -2.60. The zero-order chi connectivity index (χ0) is 66.2. The van der Waals surface area contributed by atoms with E-state index in [2.05, 4.69) is 26.6 Å². The first-order valence-corrected chi connectivity index (χ1v) is 29.1. The first-order valence-electron chi connectivity index (χ1n) is 28.4. The maximum absolute atomic E-state index is 15.9. The smallest absolute Gasteiger partial charge is 0.330 e. The van der Waals surface area contributed by atoms with Gasteiger partial charge < -0.3 is 102 Å². The highest BCUT2D eigenvalue weighted by atomic mass is 35.5. The van der Waals surface area contributed by atoms with E-state index in [9.17, 15) is 75.0 Å². The molecule has 6 heterocycles. The number of amides is 5. The Kier molecular flexibility index (Phi) is 20.1. The van der Waals surface area contributed by atoms with Crippen molar-refractivity contribution in [2.24, 2.45) is 17.6 Å². The normalized spacial score (nSPS) is 26.4. The molecule has 91 heavy (non-hydrogen) atoms. The standard InChI is InChI=1S/C61H64Cl2N6O22/c1-22(2)10-34(65-3)58(84)68-48-37(74)14-27(17-44(64)76)56(82)66-46-26-15-41(88-39-8-5-24(50(48)77)12-32(39)62)55(91-61-54(81)53(80)52(79)43(21-70)90-61)42(16-26)89-40-9-6-25(13-33(40)63)51(78)49-59(85)67-47(60(86)87)31-18-28(71)19-36(73)45(31)30-11-23(4-7-35(30)72)29(20-38(46)75)57(83)69-49/h4-9,11-13,15-16,18-19,22,27,29,34,43,46-54,61,65,70-73,77-81H,10,14,17,20-21H2,1-3H3,(H2,64,76)(H,66,82)(H,67,85)(H,68,84)(H,69,83)(H,86,87)/t27-,29+,34+,43?,46+,47-,48-,49-,50+,51+,52?,53?,54?,61?/m0/s1. The Morgan fingerprint density at radius 2 is 1.33 bits per heavy atom. The lowest BCUT2D eigenvalue weighted by Gasteiger charge is -2.39. The highest BCUT2D eigenvalue weighted by Gasteiger charge is 2.47. The van der Waals surface area contributed by atoms with Crippen LogP contribution < -0.4 is 46.5 Å². The van der Waals surface area contributed by atoms with Crippen molar-refractivity contribution in [2.75, 3.05) is 13.7 Å². The zero-order valence-electron chi connectivity index (χ0n) is 48.4. The van der Waals surface area contributed by atoms with Gasteiger partial charge in [-0.3, -0.25) is 33.6 Å². The molecule has 14 atom stereocenters. The van der Waals surface area contributed by atoms with Gasteiger partial charge in [-0.15, -0.1) is 0 Å². The molecule has 1 saturated heterocycles. The lowest BCUT2D eigenvalue weighted by atomic mass is 9.84. The van der Waals surface area contributed by atoms with Crippen LogP contribution in [-0.4, -0.2) is 161 Å². The number of phenolic OH excluding ortho intramolecular Hbond substituents is 3. The van der Waals surface area contributed by atoms with E-state index in [1.54, 1.807) is 0 Å². The van der Waals surface area contributed by atoms with Gasteiger partial charge in [-0.25, -0.2) is 4.79 Å². The third kappa shape index (κ3) is 14.1. The Hall–Kier alpha value is -8.68. The minimum absolute atomic E-state index is 0.0618. The number of aliphatic hydroxyl groups is 6. The zero-order valence-corrected chi connectivity index (χ0v) is 49.9. The third-order valence-electron chi connectivity index (χ3n) is 16.0. The molecule has 6 aliphatic heterocycles. The summed E-state index contributed by atoms with van der Waals surface area (Å²) in [4.78, 5) is 116. The molecule has 0 spiro atoms. The summed E-state index contributed by atoms with van der Waals surface area (Å²) < 4.78 is 24.9. The topological polar surface area (TPSA) is 462 Å². The van der Waals surface area contributed by atoms with Crippen LogP contribution in [0.5, 0.6) is 46.0 Å². The number of benzene rings is 5. The molecule has 0 aliphatic carbocycles. The predicted molar refractivity (Wildman–Crippen MR) is 316 cm³/mol. The van der Waals surface area contributed by atoms with Crippen molar-refractivity contribution in [3.8, 4) is 57.1 Å². The number of carboxylic acids is 1. The molecule has 28 nitrogen and oxygen atoms in total. The number of ketones is 2. The maximum atomic E-state index is 15.9. The number of ether oxygens (including phenoxy) is 4. The molecular formula is C61H64Cl2N6O22. The summed E-state index contributed by atoms with van der Waals surface area (Å²) in [5.41, 5.74) is 3.35. The van der Waals surface area contributed by atoms with Crippen molar-refractivity contribution in [3.05, 3.63) is 117 Å². The number of rotatable bonds is 11. The van der Waals surface area contributed by atoms with E-state index >= 15 is 14.4 Å². The molecule has 5 unspecified atom stereocenters. The summed E-state index contributed by atoms with van der Waals surface area (Å²) in [6, 6.07) is 4.59. The molecule has 11 rings (SSSR count). The molecule has 0 aromatic heterocycles. The quantitative estimate of drug-likeness (QED) is 0.0897. The van der Waals surface area contributed by atoms with Crippen LogP contribution in [0.2, 0.25) is 10.0 Å². The first-order chi connectivity index (χ1) is 43.1. The van der Waals surface area contributed by atoms with Gasteiger partial charge in [0.25, 0.3) is 0 Å². The number of aliphatic hydroxyl groups excluding tert-OH is 6. The third-order valence-corrected chi connectivity index (χ3v) is 16.6. The van der Waals surface area contributed by atoms with Gasteiger partial charge >= 0.3 is 5.97 Å². The summed E-state index contributed by atoms with van der Waals surface area (Å²) in [7, 11) is 1.49. The number of aliphatic carboxylic acids is 1. The summed E-state index contributed by atoms with van der Waals surface area (Å²) >= 11 is 13.9. The molecule has 5 aromatic rings. The van der Waals surface area contributed by atoms with Gasteiger partial charge in [-0.2, -0.15) is 0 Å². The van der Waals surface area contributed by atoms with Crippen molar-refractivity contribution in [1.82, 2.24) is 26.6 Å². The number of carbonyl (C=O) groups is 8. The van der Waals surface area contributed by atoms with Crippen LogP contribution in [0.4, 0.5) is 0 Å². The van der Waals surface area contributed by atoms with E-state index in [0.29, 0.717) is 0 Å². The van der Waals surface area contributed by atoms with E-state index in [1.165, 1.54) is 19.2 Å². The van der Waals surface area contributed by atoms with Crippen molar-refractivity contribution in [3.63, 3.8) is 0 Å². The molecule has 17 N–H and O–H groups in total. The van der Waals surface area contributed by atoms with Gasteiger partial charge in [0.15, 0.2) is 29.1 Å². The Bertz CT molecular complexity index is 3720. The summed E-state index contributed by atoms with van der Waals surface area (Å²) in [5.74, 6) is -18.3. The van der Waals surface area contributed by atoms with E-state index in [0.717, 1.165) is 66.7 Å². The molecule has 5 aromatic carbocycles. The second-order valence-corrected chi connectivity index (χ2v) is 23.6. The van der Waals surface area contributed by atoms with Crippen LogP contribution in [-0.2, 0) is 43.1 Å². The van der Waals surface area contributed by atoms with Gasteiger partial charge in [0.05, 0.1) is 34.5 Å². The molecule has 30 heteroatoms. The van der Waals surface area contributed by atoms with E-state index < -0.39 is 214 Å². The fourth-order valence-electron chi connectivity index (χ4n) is 11.3. The molecular weight excluding hydrogens is 1240 g/mol. The molecule has 0 saturated carbocycles. The number of primary amides is 1. The number of nitrogens with one attached hydrogen (secondary N) is 5. The average Bonchev–Trinajstić information content (AvgIpc) is 0.790. The highest BCUT2D eigenvalue weighted by molar-refractivity contribution is 6.32. The molecule has 0 radical (unpaired) electrons. The van der Waals surface area contributed by atoms with Gasteiger partial charge in [0.2, 0.25) is 41.6 Å². The number of likely N-dealkylation sites (N-methyl/N-ethyl adjacent to an activating group) is 1. The monoisotopic (exact) mass is 1300 g/mol. The molecule has 1 fully saturated rings. The van der Waals surface area contributed by atoms with Crippen LogP contribution >= 0.6 is 23.2 Å². The molecule has 484 valence electrons. The van der Waals surface area contributed by atoms with Crippen LogP contribution in [0.3, 0.4) is 0 Å². The Labute approximate surface area is 526 Å². The minimum atomic E-state index is -2.22.